The second kappa shape index (κ2) is 6.28. The van der Waals surface area contributed by atoms with Gasteiger partial charge in [0.2, 0.25) is 0 Å². The summed E-state index contributed by atoms with van der Waals surface area (Å²) in [6.07, 6.45) is 2.77. The van der Waals surface area contributed by atoms with Crippen LogP contribution in [0, 0.1) is 5.82 Å². The number of hydrogen-bond donors (Lipinski definition) is 1. The van der Waals surface area contributed by atoms with Gasteiger partial charge in [0, 0.05) is 11.6 Å². The zero-order chi connectivity index (χ0) is 12.0. The zero-order valence-corrected chi connectivity index (χ0v) is 9.45. The number of halogens is 1. The molecule has 1 aromatic rings. The second-order valence-corrected chi connectivity index (χ2v) is 3.64. The molecule has 0 heterocycles. The number of unbranched alkanes of at least 4 members (excludes halogenated alkanes) is 1. The summed E-state index contributed by atoms with van der Waals surface area (Å²) in [5, 5.41) is 9.25. The molecule has 1 atom stereocenters. The molecule has 0 spiro atoms. The minimum absolute atomic E-state index is 0.290. The van der Waals surface area contributed by atoms with E-state index in [2.05, 4.69) is 6.58 Å². The average Bonchev–Trinajstić information content (AvgIpc) is 2.24. The van der Waals surface area contributed by atoms with Gasteiger partial charge in [-0.05, 0) is 31.9 Å². The van der Waals surface area contributed by atoms with Gasteiger partial charge in [0.25, 0.3) is 0 Å². The summed E-state index contributed by atoms with van der Waals surface area (Å²) >= 11 is 0. The topological polar surface area (TPSA) is 29.5 Å². The van der Waals surface area contributed by atoms with Gasteiger partial charge in [0.05, 0.1) is 12.7 Å². The lowest BCUT2D eigenvalue weighted by Crippen LogP contribution is -2.00. The van der Waals surface area contributed by atoms with E-state index in [1.165, 1.54) is 13.0 Å². The fourth-order valence-corrected chi connectivity index (χ4v) is 1.35. The first-order valence-corrected chi connectivity index (χ1v) is 5.36. The molecular weight excluding hydrogens is 207 g/mol. The third kappa shape index (κ3) is 3.66. The SMILES string of the molecule is C=CCCCOc1ccc(C(C)O)c(F)c1. The van der Waals surface area contributed by atoms with Crippen LogP contribution in [0.25, 0.3) is 0 Å². The van der Waals surface area contributed by atoms with Crippen molar-refractivity contribution in [3.8, 4) is 5.75 Å². The van der Waals surface area contributed by atoms with Crippen LogP contribution >= 0.6 is 0 Å². The molecule has 1 aromatic carbocycles. The Labute approximate surface area is 95.4 Å². The van der Waals surface area contributed by atoms with Crippen LogP contribution in [0.2, 0.25) is 0 Å². The molecule has 1 unspecified atom stereocenters. The van der Waals surface area contributed by atoms with Crippen molar-refractivity contribution in [2.75, 3.05) is 6.61 Å². The zero-order valence-electron chi connectivity index (χ0n) is 9.45. The Morgan fingerprint density at radius 2 is 2.31 bits per heavy atom. The molecule has 0 saturated carbocycles. The maximum Gasteiger partial charge on any atom is 0.132 e. The van der Waals surface area contributed by atoms with Gasteiger partial charge in [-0.3, -0.25) is 0 Å². The lowest BCUT2D eigenvalue weighted by Gasteiger charge is -2.09. The normalized spacial score (nSPS) is 12.2. The van der Waals surface area contributed by atoms with Crippen molar-refractivity contribution in [3.63, 3.8) is 0 Å². The van der Waals surface area contributed by atoms with Crippen molar-refractivity contribution in [1.82, 2.24) is 0 Å². The summed E-state index contributed by atoms with van der Waals surface area (Å²) in [4.78, 5) is 0. The molecule has 0 saturated heterocycles. The summed E-state index contributed by atoms with van der Waals surface area (Å²) in [6.45, 7) is 5.68. The number of aliphatic hydroxyl groups is 1. The quantitative estimate of drug-likeness (QED) is 0.594. The minimum atomic E-state index is -0.796. The number of rotatable bonds is 6. The highest BCUT2D eigenvalue weighted by Gasteiger charge is 2.08. The van der Waals surface area contributed by atoms with Gasteiger partial charge in [-0.15, -0.1) is 6.58 Å². The fraction of sp³-hybridized carbons (Fsp3) is 0.385. The highest BCUT2D eigenvalue weighted by atomic mass is 19.1. The van der Waals surface area contributed by atoms with E-state index in [1.54, 1.807) is 12.1 Å². The smallest absolute Gasteiger partial charge is 0.132 e. The molecule has 1 N–H and O–H groups in total. The first-order chi connectivity index (χ1) is 7.65. The molecule has 3 heteroatoms. The van der Waals surface area contributed by atoms with Crippen molar-refractivity contribution < 1.29 is 14.2 Å². The van der Waals surface area contributed by atoms with E-state index in [4.69, 9.17) is 4.74 Å². The van der Waals surface area contributed by atoms with Gasteiger partial charge in [0.1, 0.15) is 11.6 Å². The summed E-state index contributed by atoms with van der Waals surface area (Å²) in [5.74, 6) is 0.0576. The number of allylic oxidation sites excluding steroid dienone is 1. The third-order valence-corrected chi connectivity index (χ3v) is 2.24. The molecule has 0 aliphatic carbocycles. The van der Waals surface area contributed by atoms with Gasteiger partial charge in [-0.2, -0.15) is 0 Å². The molecule has 0 fully saturated rings. The monoisotopic (exact) mass is 224 g/mol. The molecule has 0 aliphatic heterocycles. The highest BCUT2D eigenvalue weighted by molar-refractivity contribution is 5.29. The van der Waals surface area contributed by atoms with E-state index < -0.39 is 11.9 Å². The van der Waals surface area contributed by atoms with Crippen LogP contribution in [0.1, 0.15) is 31.4 Å². The summed E-state index contributed by atoms with van der Waals surface area (Å²) in [5.41, 5.74) is 0.290. The molecule has 88 valence electrons. The molecule has 0 aromatic heterocycles. The van der Waals surface area contributed by atoms with Gasteiger partial charge >= 0.3 is 0 Å². The fourth-order valence-electron chi connectivity index (χ4n) is 1.35. The van der Waals surface area contributed by atoms with Gasteiger partial charge in [-0.25, -0.2) is 4.39 Å². The third-order valence-electron chi connectivity index (χ3n) is 2.24. The van der Waals surface area contributed by atoms with Gasteiger partial charge < -0.3 is 9.84 Å². The summed E-state index contributed by atoms with van der Waals surface area (Å²) in [6, 6.07) is 4.51. The van der Waals surface area contributed by atoms with Crippen molar-refractivity contribution in [2.24, 2.45) is 0 Å². The Morgan fingerprint density at radius 1 is 1.56 bits per heavy atom. The molecule has 16 heavy (non-hydrogen) atoms. The van der Waals surface area contributed by atoms with Crippen molar-refractivity contribution in [3.05, 3.63) is 42.2 Å². The maximum atomic E-state index is 13.4. The minimum Gasteiger partial charge on any atom is -0.493 e. The van der Waals surface area contributed by atoms with Crippen LogP contribution in [0.5, 0.6) is 5.75 Å². The van der Waals surface area contributed by atoms with E-state index in [1.807, 2.05) is 6.08 Å². The molecular formula is C13H17FO2. The standard InChI is InChI=1S/C13H17FO2/c1-3-4-5-8-16-11-6-7-12(10(2)15)13(14)9-11/h3,6-7,9-10,15H,1,4-5,8H2,2H3. The lowest BCUT2D eigenvalue weighted by molar-refractivity contribution is 0.194. The van der Waals surface area contributed by atoms with E-state index in [-0.39, 0.29) is 0 Å². The van der Waals surface area contributed by atoms with Crippen LogP contribution in [0.4, 0.5) is 4.39 Å². The van der Waals surface area contributed by atoms with E-state index in [9.17, 15) is 9.50 Å². The number of hydrogen-bond acceptors (Lipinski definition) is 2. The average molecular weight is 224 g/mol. The number of aliphatic hydroxyl groups excluding tert-OH is 1. The Bertz CT molecular complexity index is 348. The van der Waals surface area contributed by atoms with Gasteiger partial charge in [0.15, 0.2) is 0 Å². The van der Waals surface area contributed by atoms with E-state index >= 15 is 0 Å². The van der Waals surface area contributed by atoms with Crippen LogP contribution in [-0.2, 0) is 0 Å². The summed E-state index contributed by atoms with van der Waals surface area (Å²) < 4.78 is 18.8. The molecule has 0 bridgehead atoms. The van der Waals surface area contributed by atoms with Crippen LogP contribution in [-0.4, -0.2) is 11.7 Å². The Balaban J connectivity index is 2.56. The molecule has 0 radical (unpaired) electrons. The predicted molar refractivity (Wildman–Crippen MR) is 62.0 cm³/mol. The predicted octanol–water partition coefficient (Wildman–Crippen LogP) is 3.22. The van der Waals surface area contributed by atoms with E-state index in [0.717, 1.165) is 12.8 Å². The van der Waals surface area contributed by atoms with Crippen molar-refractivity contribution in [1.29, 1.82) is 0 Å². The van der Waals surface area contributed by atoms with Crippen molar-refractivity contribution in [2.45, 2.75) is 25.9 Å². The van der Waals surface area contributed by atoms with Gasteiger partial charge in [-0.1, -0.05) is 6.08 Å². The summed E-state index contributed by atoms with van der Waals surface area (Å²) in [7, 11) is 0. The van der Waals surface area contributed by atoms with Crippen LogP contribution in [0.15, 0.2) is 30.9 Å². The number of ether oxygens (including phenoxy) is 1. The maximum absolute atomic E-state index is 13.4. The van der Waals surface area contributed by atoms with Crippen molar-refractivity contribution >= 4 is 0 Å². The molecule has 0 amide bonds. The first-order valence-electron chi connectivity index (χ1n) is 5.36. The van der Waals surface area contributed by atoms with Crippen LogP contribution in [0.3, 0.4) is 0 Å². The Morgan fingerprint density at radius 3 is 2.88 bits per heavy atom. The molecule has 2 nitrogen and oxygen atoms in total. The first kappa shape index (κ1) is 12.7. The number of benzene rings is 1. The molecule has 0 aliphatic rings. The van der Waals surface area contributed by atoms with Crippen LogP contribution < -0.4 is 4.74 Å². The Kier molecular flexibility index (Phi) is 4.99. The second-order valence-electron chi connectivity index (χ2n) is 3.64. The largest absolute Gasteiger partial charge is 0.493 e. The molecule has 1 rings (SSSR count). The lowest BCUT2D eigenvalue weighted by atomic mass is 10.1. The highest BCUT2D eigenvalue weighted by Crippen LogP contribution is 2.21. The Hall–Kier alpha value is -1.35. The van der Waals surface area contributed by atoms with E-state index in [0.29, 0.717) is 17.9 Å².